The summed E-state index contributed by atoms with van der Waals surface area (Å²) in [6, 6.07) is 13.0. The Morgan fingerprint density at radius 2 is 1.60 bits per heavy atom. The second-order valence-electron chi connectivity index (χ2n) is 14.2. The Morgan fingerprint density at radius 1 is 0.923 bits per heavy atom. The van der Waals surface area contributed by atoms with Gasteiger partial charge in [-0.3, -0.25) is 4.55 Å². The van der Waals surface area contributed by atoms with Crippen molar-refractivity contribution < 1.29 is 61.0 Å². The molecule has 0 spiro atoms. The predicted octanol–water partition coefficient (Wildman–Crippen LogP) is 6.70. The third-order valence-electron chi connectivity index (χ3n) is 10.0. The number of unbranched alkanes of at least 4 members (excludes halogenated alkanes) is 2. The number of nitrogens with zero attached hydrogens (tertiary/aromatic N) is 2. The maximum absolute atomic E-state index is 11.3. The maximum Gasteiger partial charge on any atom is 1.00 e. The summed E-state index contributed by atoms with van der Waals surface area (Å²) in [6.45, 7) is 10.3. The van der Waals surface area contributed by atoms with Gasteiger partial charge in [-0.1, -0.05) is 60.5 Å². The van der Waals surface area contributed by atoms with Gasteiger partial charge in [0.15, 0.2) is 5.71 Å². The van der Waals surface area contributed by atoms with Crippen LogP contribution in [-0.2, 0) is 40.1 Å². The minimum Gasteiger partial charge on any atom is -0.870 e. The molecule has 278 valence electrons. The first-order valence-electron chi connectivity index (χ1n) is 17.0. The molecule has 0 saturated heterocycles. The van der Waals surface area contributed by atoms with Gasteiger partial charge in [0.25, 0.3) is 10.1 Å². The molecule has 2 aromatic carbocycles. The molecule has 3 aliphatic rings. The van der Waals surface area contributed by atoms with Gasteiger partial charge < -0.3 is 18.8 Å². The summed E-state index contributed by atoms with van der Waals surface area (Å²) in [4.78, 5) is 2.29. The van der Waals surface area contributed by atoms with Crippen LogP contribution in [0.15, 0.2) is 82.6 Å². The molecule has 0 bridgehead atoms. The van der Waals surface area contributed by atoms with E-state index in [9.17, 15) is 21.4 Å². The molecule has 52 heavy (non-hydrogen) atoms. The van der Waals surface area contributed by atoms with E-state index in [4.69, 9.17) is 11.6 Å². The number of hydrogen-bond donors (Lipinski definition) is 1. The molecule has 2 N–H and O–H groups in total. The summed E-state index contributed by atoms with van der Waals surface area (Å²) in [6.07, 6.45) is 13.9. The molecule has 0 amide bonds. The number of rotatable bonds is 13. The summed E-state index contributed by atoms with van der Waals surface area (Å²) in [5.41, 5.74) is 8.80. The molecule has 0 radical (unpaired) electrons. The first kappa shape index (κ1) is 45.8. The molecule has 1 aliphatic carbocycles. The first-order chi connectivity index (χ1) is 23.5. The second-order valence-corrected chi connectivity index (χ2v) is 19.7. The normalized spacial score (nSPS) is 19.4. The zero-order chi connectivity index (χ0) is 36.4. The van der Waals surface area contributed by atoms with E-state index < -0.39 is 20.8 Å². The third kappa shape index (κ3) is 10.6. The van der Waals surface area contributed by atoms with Gasteiger partial charge in [0.05, 0.1) is 11.2 Å². The van der Waals surface area contributed by atoms with Crippen molar-refractivity contribution in [2.75, 3.05) is 29.5 Å². The standard InChI is InChI=1S/C38H44ClI2N2O5S2.Na.H2O/c1-37(2)30-24-28(40)14-16-32(30)42(20-5-7-22-49(44)45)34(37)18-12-26-10-9-11-27(36(26)39)13-19-35-38(3,4)31-25-29(41)15-17-33(31)43(35)21-6-8-23-50(46,47)48;;/h12-19,24-25H,5-11,20-23H2,1-4H3;;1H2/q-1;+1;. The van der Waals surface area contributed by atoms with Crippen molar-refractivity contribution in [2.24, 2.45) is 0 Å². The van der Waals surface area contributed by atoms with Gasteiger partial charge in [-0.25, -0.2) is 0 Å². The Kier molecular flexibility index (Phi) is 16.8. The number of allylic oxidation sites excluding steroid dienone is 8. The average molecular weight is 1000 g/mol. The van der Waals surface area contributed by atoms with Crippen LogP contribution in [0.25, 0.3) is 0 Å². The zero-order valence-electron chi connectivity index (χ0n) is 30.4. The Balaban J connectivity index is 0.00000364. The van der Waals surface area contributed by atoms with E-state index in [1.807, 2.05) is 0 Å². The Morgan fingerprint density at radius 3 is 2.27 bits per heavy atom. The summed E-state index contributed by atoms with van der Waals surface area (Å²) in [7, 11) is -6.03. The van der Waals surface area contributed by atoms with Crippen molar-refractivity contribution in [1.82, 2.24) is 0 Å². The van der Waals surface area contributed by atoms with Crippen LogP contribution >= 0.6 is 56.8 Å². The number of halogens is 3. The third-order valence-corrected chi connectivity index (χ3v) is 13.3. The van der Waals surface area contributed by atoms with E-state index in [0.29, 0.717) is 25.8 Å². The van der Waals surface area contributed by atoms with Crippen molar-refractivity contribution in [1.29, 1.82) is 0 Å². The molecule has 2 aliphatic heterocycles. The van der Waals surface area contributed by atoms with Gasteiger partial charge >= 0.3 is 29.6 Å². The largest absolute Gasteiger partial charge is 1.00 e. The minimum absolute atomic E-state index is 0. The Labute approximate surface area is 365 Å². The van der Waals surface area contributed by atoms with E-state index in [-0.39, 0.29) is 57.4 Å². The average Bonchev–Trinajstić information content (AvgIpc) is 3.37. The molecule has 0 unspecified atom stereocenters. The Hall–Kier alpha value is -0.560. The van der Waals surface area contributed by atoms with Crippen molar-refractivity contribution >= 4 is 94.7 Å². The summed E-state index contributed by atoms with van der Waals surface area (Å²) < 4.78 is 59.0. The molecule has 2 aromatic rings. The van der Waals surface area contributed by atoms with Gasteiger partial charge in [-0.15, -0.1) is 0 Å². The van der Waals surface area contributed by atoms with Crippen LogP contribution in [0.5, 0.6) is 0 Å². The number of benzene rings is 2. The maximum atomic E-state index is 11.3. The van der Waals surface area contributed by atoms with Gasteiger partial charge in [-0.05, 0) is 144 Å². The van der Waals surface area contributed by atoms with Gasteiger partial charge in [0, 0.05) is 59.6 Å². The van der Waals surface area contributed by atoms with Crippen molar-refractivity contribution in [3.8, 4) is 0 Å². The monoisotopic (exact) mass is 1000 g/mol. The van der Waals surface area contributed by atoms with Gasteiger partial charge in [0.2, 0.25) is 5.69 Å². The molecule has 5 rings (SSSR count). The van der Waals surface area contributed by atoms with Gasteiger partial charge in [-0.2, -0.15) is 13.0 Å². The fraction of sp³-hybridized carbons (Fsp3) is 0.447. The van der Waals surface area contributed by atoms with Crippen LogP contribution in [0.4, 0.5) is 11.4 Å². The van der Waals surface area contributed by atoms with Crippen molar-refractivity contribution in [2.45, 2.75) is 83.5 Å². The molecule has 0 atom stereocenters. The SMILES string of the molecule is CC1(C)C(/C=C/C2=C(Cl)C(=C/C=C3/N(CCCCS(=O)(=O)O)c4ccc(I)cc4C3(C)C)/CCC2)=[N+](CCCC[S-](=O)=O)c2ccc(I)cc21.[Na+].[OH-]. The summed E-state index contributed by atoms with van der Waals surface area (Å²) in [5.74, 6) is -0.0727. The van der Waals surface area contributed by atoms with Crippen molar-refractivity contribution in [3.63, 3.8) is 0 Å². The first-order valence-corrected chi connectivity index (χ1v) is 22.4. The number of anilines is 1. The zero-order valence-corrected chi connectivity index (χ0v) is 39.1. The molecule has 2 heterocycles. The quantitative estimate of drug-likeness (QED) is 0.0592. The predicted molar refractivity (Wildman–Crippen MR) is 224 cm³/mol. The number of fused-ring (bicyclic) bond motifs is 2. The molecule has 8 nitrogen and oxygen atoms in total. The van der Waals surface area contributed by atoms with Gasteiger partial charge in [0.1, 0.15) is 6.54 Å². The summed E-state index contributed by atoms with van der Waals surface area (Å²) >= 11 is 11.9. The van der Waals surface area contributed by atoms with E-state index in [0.717, 1.165) is 63.4 Å². The minimum atomic E-state index is -4.00. The molecular formula is C38H46ClI2N2NaO6S2. The van der Waals surface area contributed by atoms with Crippen LogP contribution in [0, 0.1) is 7.14 Å². The fourth-order valence-electron chi connectivity index (χ4n) is 7.39. The van der Waals surface area contributed by atoms with Crippen LogP contribution in [0.1, 0.15) is 83.8 Å². The van der Waals surface area contributed by atoms with Crippen LogP contribution in [-0.4, -0.2) is 53.3 Å². The van der Waals surface area contributed by atoms with E-state index >= 15 is 0 Å². The van der Waals surface area contributed by atoms with Crippen LogP contribution in [0.2, 0.25) is 0 Å². The topological polar surface area (TPSA) is 125 Å². The van der Waals surface area contributed by atoms with Crippen LogP contribution < -0.4 is 34.5 Å². The second kappa shape index (κ2) is 19.1. The smallest absolute Gasteiger partial charge is 0.870 e. The van der Waals surface area contributed by atoms with Crippen molar-refractivity contribution in [3.05, 3.63) is 101 Å². The molecule has 0 fully saturated rings. The van der Waals surface area contributed by atoms with Crippen LogP contribution in [0.3, 0.4) is 0 Å². The number of hydrogen-bond acceptors (Lipinski definition) is 7. The fourth-order valence-corrected chi connectivity index (χ4v) is 9.69. The molecule has 14 heteroatoms. The Bertz CT molecular complexity index is 2010. The van der Waals surface area contributed by atoms with E-state index in [2.05, 4.69) is 143 Å². The summed E-state index contributed by atoms with van der Waals surface area (Å²) in [5, 5.41) is 0.778. The van der Waals surface area contributed by atoms with E-state index in [1.54, 1.807) is 0 Å². The molecular weight excluding hydrogens is 957 g/mol. The molecule has 0 aromatic heterocycles. The van der Waals surface area contributed by atoms with E-state index in [1.165, 1.54) is 26.1 Å². The molecule has 0 saturated carbocycles.